The van der Waals surface area contributed by atoms with E-state index in [1.165, 1.54) is 0 Å². The van der Waals surface area contributed by atoms with Gasteiger partial charge in [0.1, 0.15) is 11.9 Å². The van der Waals surface area contributed by atoms with Crippen molar-refractivity contribution in [3.8, 4) is 0 Å². The fourth-order valence-corrected chi connectivity index (χ4v) is 1.28. The SMILES string of the molecule is CC(C)COCCNCC(O)c1ccco1. The normalized spacial score (nSPS) is 13.2. The quantitative estimate of drug-likeness (QED) is 0.662. The average molecular weight is 227 g/mol. The smallest absolute Gasteiger partial charge is 0.133 e. The zero-order valence-corrected chi connectivity index (χ0v) is 9.98. The zero-order chi connectivity index (χ0) is 11.8. The van der Waals surface area contributed by atoms with Crippen LogP contribution in [-0.4, -0.2) is 31.4 Å². The third-order valence-corrected chi connectivity index (χ3v) is 2.08. The second kappa shape index (κ2) is 7.44. The summed E-state index contributed by atoms with van der Waals surface area (Å²) in [6, 6.07) is 3.53. The Morgan fingerprint density at radius 3 is 2.94 bits per heavy atom. The summed E-state index contributed by atoms with van der Waals surface area (Å²) >= 11 is 0. The Morgan fingerprint density at radius 1 is 1.50 bits per heavy atom. The summed E-state index contributed by atoms with van der Waals surface area (Å²) in [4.78, 5) is 0. The van der Waals surface area contributed by atoms with Gasteiger partial charge in [0.2, 0.25) is 0 Å². The van der Waals surface area contributed by atoms with Crippen molar-refractivity contribution in [3.05, 3.63) is 24.2 Å². The van der Waals surface area contributed by atoms with Crippen molar-refractivity contribution in [2.24, 2.45) is 5.92 Å². The molecule has 92 valence electrons. The van der Waals surface area contributed by atoms with Gasteiger partial charge in [-0.05, 0) is 18.1 Å². The molecule has 16 heavy (non-hydrogen) atoms. The Morgan fingerprint density at radius 2 is 2.31 bits per heavy atom. The highest BCUT2D eigenvalue weighted by Crippen LogP contribution is 2.11. The molecule has 1 unspecified atom stereocenters. The molecule has 1 heterocycles. The summed E-state index contributed by atoms with van der Waals surface area (Å²) in [5.74, 6) is 1.16. The monoisotopic (exact) mass is 227 g/mol. The van der Waals surface area contributed by atoms with Crippen LogP contribution in [0.25, 0.3) is 0 Å². The molecular weight excluding hydrogens is 206 g/mol. The molecule has 0 saturated heterocycles. The van der Waals surface area contributed by atoms with Crippen molar-refractivity contribution in [2.75, 3.05) is 26.3 Å². The molecule has 1 rings (SSSR count). The summed E-state index contributed by atoms with van der Waals surface area (Å²) < 4.78 is 10.5. The first-order valence-electron chi connectivity index (χ1n) is 5.70. The van der Waals surface area contributed by atoms with Gasteiger partial charge in [0.05, 0.1) is 12.9 Å². The highest BCUT2D eigenvalue weighted by molar-refractivity contribution is 5.01. The average Bonchev–Trinajstić information content (AvgIpc) is 2.75. The number of furan rings is 1. The lowest BCUT2D eigenvalue weighted by Crippen LogP contribution is -2.25. The van der Waals surface area contributed by atoms with Crippen LogP contribution in [-0.2, 0) is 4.74 Å². The van der Waals surface area contributed by atoms with E-state index in [0.717, 1.165) is 13.2 Å². The standard InChI is InChI=1S/C12H21NO3/c1-10(2)9-15-7-5-13-8-11(14)12-4-3-6-16-12/h3-4,6,10-11,13-14H,5,7-9H2,1-2H3. The molecule has 0 fully saturated rings. The van der Waals surface area contributed by atoms with Crippen molar-refractivity contribution in [1.82, 2.24) is 5.32 Å². The molecule has 2 N–H and O–H groups in total. The highest BCUT2D eigenvalue weighted by Gasteiger charge is 2.08. The largest absolute Gasteiger partial charge is 0.467 e. The van der Waals surface area contributed by atoms with Gasteiger partial charge in [-0.15, -0.1) is 0 Å². The van der Waals surface area contributed by atoms with E-state index >= 15 is 0 Å². The molecule has 0 aliphatic heterocycles. The van der Waals surface area contributed by atoms with Gasteiger partial charge >= 0.3 is 0 Å². The molecule has 0 amide bonds. The van der Waals surface area contributed by atoms with E-state index in [0.29, 0.717) is 24.8 Å². The van der Waals surface area contributed by atoms with Crippen molar-refractivity contribution < 1.29 is 14.3 Å². The Hall–Kier alpha value is -0.840. The first-order valence-corrected chi connectivity index (χ1v) is 5.70. The Kier molecular flexibility index (Phi) is 6.15. The van der Waals surface area contributed by atoms with Gasteiger partial charge in [-0.1, -0.05) is 13.8 Å². The van der Waals surface area contributed by atoms with Crippen molar-refractivity contribution in [2.45, 2.75) is 20.0 Å². The van der Waals surface area contributed by atoms with Crippen LogP contribution in [0.5, 0.6) is 0 Å². The Bertz CT molecular complexity index is 259. The fourth-order valence-electron chi connectivity index (χ4n) is 1.28. The lowest BCUT2D eigenvalue weighted by Gasteiger charge is -2.10. The predicted molar refractivity (Wildman–Crippen MR) is 62.2 cm³/mol. The van der Waals surface area contributed by atoms with E-state index < -0.39 is 6.10 Å². The van der Waals surface area contributed by atoms with E-state index in [9.17, 15) is 5.11 Å². The van der Waals surface area contributed by atoms with Crippen LogP contribution in [0, 0.1) is 5.92 Å². The molecule has 1 aromatic heterocycles. The Balaban J connectivity index is 1.99. The summed E-state index contributed by atoms with van der Waals surface area (Å²) in [6.07, 6.45) is 0.977. The minimum Gasteiger partial charge on any atom is -0.467 e. The van der Waals surface area contributed by atoms with Crippen LogP contribution in [0.1, 0.15) is 25.7 Å². The third kappa shape index (κ3) is 5.30. The number of ether oxygens (including phenoxy) is 1. The highest BCUT2D eigenvalue weighted by atomic mass is 16.5. The third-order valence-electron chi connectivity index (χ3n) is 2.08. The number of hydrogen-bond donors (Lipinski definition) is 2. The molecule has 4 nitrogen and oxygen atoms in total. The lowest BCUT2D eigenvalue weighted by atomic mass is 10.2. The molecule has 0 bridgehead atoms. The first kappa shape index (κ1) is 13.2. The van der Waals surface area contributed by atoms with E-state index in [-0.39, 0.29) is 0 Å². The van der Waals surface area contributed by atoms with Gasteiger partial charge in [-0.25, -0.2) is 0 Å². The lowest BCUT2D eigenvalue weighted by molar-refractivity contribution is 0.104. The Labute approximate surface area is 96.6 Å². The molecule has 1 atom stereocenters. The van der Waals surface area contributed by atoms with Crippen LogP contribution in [0.15, 0.2) is 22.8 Å². The van der Waals surface area contributed by atoms with Gasteiger partial charge in [0.25, 0.3) is 0 Å². The summed E-state index contributed by atoms with van der Waals surface area (Å²) in [6.45, 7) is 6.91. The maximum absolute atomic E-state index is 9.66. The first-order chi connectivity index (χ1) is 7.70. The maximum atomic E-state index is 9.66. The molecule has 0 radical (unpaired) electrons. The number of aliphatic hydroxyl groups is 1. The van der Waals surface area contributed by atoms with Gasteiger partial charge in [0, 0.05) is 19.7 Å². The summed E-state index contributed by atoms with van der Waals surface area (Å²) in [5.41, 5.74) is 0. The van der Waals surface area contributed by atoms with E-state index in [4.69, 9.17) is 9.15 Å². The van der Waals surface area contributed by atoms with E-state index in [1.807, 2.05) is 0 Å². The number of aliphatic hydroxyl groups excluding tert-OH is 1. The number of nitrogens with one attached hydrogen (secondary N) is 1. The van der Waals surface area contributed by atoms with Crippen molar-refractivity contribution in [1.29, 1.82) is 0 Å². The number of hydrogen-bond acceptors (Lipinski definition) is 4. The van der Waals surface area contributed by atoms with E-state index in [1.54, 1.807) is 18.4 Å². The van der Waals surface area contributed by atoms with Crippen LogP contribution in [0.3, 0.4) is 0 Å². The molecule has 4 heteroatoms. The van der Waals surface area contributed by atoms with Gasteiger partial charge in [-0.2, -0.15) is 0 Å². The molecular formula is C12H21NO3. The topological polar surface area (TPSA) is 54.6 Å². The molecule has 0 aromatic carbocycles. The second-order valence-corrected chi connectivity index (χ2v) is 4.20. The zero-order valence-electron chi connectivity index (χ0n) is 9.98. The van der Waals surface area contributed by atoms with Crippen molar-refractivity contribution in [3.63, 3.8) is 0 Å². The van der Waals surface area contributed by atoms with Crippen LogP contribution in [0.2, 0.25) is 0 Å². The second-order valence-electron chi connectivity index (χ2n) is 4.20. The maximum Gasteiger partial charge on any atom is 0.133 e. The minimum absolute atomic E-state index is 0.485. The van der Waals surface area contributed by atoms with E-state index in [2.05, 4.69) is 19.2 Å². The molecule has 0 aliphatic rings. The molecule has 1 aromatic rings. The summed E-state index contributed by atoms with van der Waals surface area (Å²) in [7, 11) is 0. The molecule has 0 aliphatic carbocycles. The van der Waals surface area contributed by atoms with Gasteiger partial charge in [-0.3, -0.25) is 0 Å². The van der Waals surface area contributed by atoms with Gasteiger partial charge in [0.15, 0.2) is 0 Å². The van der Waals surface area contributed by atoms with Gasteiger partial charge < -0.3 is 19.6 Å². The van der Waals surface area contributed by atoms with Crippen LogP contribution >= 0.6 is 0 Å². The fraction of sp³-hybridized carbons (Fsp3) is 0.667. The molecule has 0 saturated carbocycles. The molecule has 0 spiro atoms. The van der Waals surface area contributed by atoms with Crippen molar-refractivity contribution >= 4 is 0 Å². The van der Waals surface area contributed by atoms with Crippen LogP contribution in [0.4, 0.5) is 0 Å². The summed E-state index contributed by atoms with van der Waals surface area (Å²) in [5, 5.41) is 12.8. The predicted octanol–water partition coefficient (Wildman–Crippen LogP) is 1.58. The van der Waals surface area contributed by atoms with Crippen LogP contribution < -0.4 is 5.32 Å². The minimum atomic E-state index is -0.583. The number of rotatable bonds is 8.